The summed E-state index contributed by atoms with van der Waals surface area (Å²) in [6.07, 6.45) is 0.723. The SMILES string of the molecule is Cc1cccc(-c2noc(CCC(=O)NCc3cccc4ccccc34)n2)c1. The lowest BCUT2D eigenvalue weighted by Gasteiger charge is -2.08. The molecule has 0 unspecified atom stereocenters. The van der Waals surface area contributed by atoms with E-state index < -0.39 is 0 Å². The van der Waals surface area contributed by atoms with E-state index in [1.165, 1.54) is 5.39 Å². The fourth-order valence-electron chi connectivity index (χ4n) is 3.21. The Labute approximate surface area is 163 Å². The Kier molecular flexibility index (Phi) is 5.15. The Bertz CT molecular complexity index is 1110. The van der Waals surface area contributed by atoms with Crippen molar-refractivity contribution in [2.24, 2.45) is 0 Å². The molecule has 28 heavy (non-hydrogen) atoms. The van der Waals surface area contributed by atoms with E-state index in [0.717, 1.165) is 22.1 Å². The van der Waals surface area contributed by atoms with Gasteiger partial charge >= 0.3 is 0 Å². The highest BCUT2D eigenvalue weighted by molar-refractivity contribution is 5.86. The molecule has 0 atom stereocenters. The number of fused-ring (bicyclic) bond motifs is 1. The first kappa shape index (κ1) is 17.9. The van der Waals surface area contributed by atoms with Crippen molar-refractivity contribution in [2.75, 3.05) is 0 Å². The first-order chi connectivity index (χ1) is 13.7. The van der Waals surface area contributed by atoms with Crippen LogP contribution in [-0.2, 0) is 17.8 Å². The molecule has 1 heterocycles. The van der Waals surface area contributed by atoms with Crippen LogP contribution in [0.15, 0.2) is 71.3 Å². The lowest BCUT2D eigenvalue weighted by molar-refractivity contribution is -0.121. The Morgan fingerprint density at radius 1 is 1.04 bits per heavy atom. The number of nitrogens with one attached hydrogen (secondary N) is 1. The summed E-state index contributed by atoms with van der Waals surface area (Å²) in [5.74, 6) is 0.981. The van der Waals surface area contributed by atoms with Gasteiger partial charge in [0.05, 0.1) is 0 Å². The molecular formula is C23H21N3O2. The standard InChI is InChI=1S/C23H21N3O2/c1-16-6-4-9-18(14-16)23-25-22(28-26-23)13-12-21(27)24-15-19-10-5-8-17-7-2-3-11-20(17)19/h2-11,14H,12-13,15H2,1H3,(H,24,27). The number of rotatable bonds is 6. The van der Waals surface area contributed by atoms with Crippen LogP contribution in [0.1, 0.15) is 23.4 Å². The molecule has 3 aromatic carbocycles. The molecule has 0 bridgehead atoms. The van der Waals surface area contributed by atoms with Crippen LogP contribution in [0.2, 0.25) is 0 Å². The smallest absolute Gasteiger partial charge is 0.227 e. The van der Waals surface area contributed by atoms with Gasteiger partial charge in [-0.15, -0.1) is 0 Å². The predicted molar refractivity (Wildman–Crippen MR) is 109 cm³/mol. The molecule has 4 aromatic rings. The van der Waals surface area contributed by atoms with E-state index in [9.17, 15) is 4.79 Å². The van der Waals surface area contributed by atoms with E-state index in [2.05, 4.69) is 33.7 Å². The maximum atomic E-state index is 12.2. The fourth-order valence-corrected chi connectivity index (χ4v) is 3.21. The number of nitrogens with zero attached hydrogens (tertiary/aromatic N) is 2. The highest BCUT2D eigenvalue weighted by Crippen LogP contribution is 2.19. The first-order valence-corrected chi connectivity index (χ1v) is 9.32. The van der Waals surface area contributed by atoms with Crippen molar-refractivity contribution in [3.8, 4) is 11.4 Å². The third-order valence-electron chi connectivity index (χ3n) is 4.67. The van der Waals surface area contributed by atoms with E-state index >= 15 is 0 Å². The molecule has 0 saturated heterocycles. The molecule has 4 rings (SSSR count). The summed E-state index contributed by atoms with van der Waals surface area (Å²) in [4.78, 5) is 16.6. The lowest BCUT2D eigenvalue weighted by Crippen LogP contribution is -2.23. The van der Waals surface area contributed by atoms with Crippen LogP contribution in [0.4, 0.5) is 0 Å². The van der Waals surface area contributed by atoms with Crippen molar-refractivity contribution in [1.29, 1.82) is 0 Å². The summed E-state index contributed by atoms with van der Waals surface area (Å²) in [5, 5.41) is 9.32. The van der Waals surface area contributed by atoms with Crippen molar-refractivity contribution in [3.05, 3.63) is 83.7 Å². The Morgan fingerprint density at radius 2 is 1.86 bits per heavy atom. The van der Waals surface area contributed by atoms with Gasteiger partial charge in [0.25, 0.3) is 0 Å². The molecule has 0 aliphatic rings. The van der Waals surface area contributed by atoms with E-state index in [1.807, 2.05) is 55.5 Å². The molecule has 1 N–H and O–H groups in total. The second-order valence-corrected chi connectivity index (χ2v) is 6.80. The van der Waals surface area contributed by atoms with Gasteiger partial charge in [-0.25, -0.2) is 0 Å². The van der Waals surface area contributed by atoms with E-state index in [1.54, 1.807) is 0 Å². The second-order valence-electron chi connectivity index (χ2n) is 6.80. The molecule has 0 fully saturated rings. The summed E-state index contributed by atoms with van der Waals surface area (Å²) >= 11 is 0. The van der Waals surface area contributed by atoms with Crippen LogP contribution in [0.5, 0.6) is 0 Å². The van der Waals surface area contributed by atoms with Gasteiger partial charge < -0.3 is 9.84 Å². The number of hydrogen-bond donors (Lipinski definition) is 1. The molecule has 0 aliphatic heterocycles. The zero-order valence-corrected chi connectivity index (χ0v) is 15.7. The molecule has 1 amide bonds. The largest absolute Gasteiger partial charge is 0.352 e. The van der Waals surface area contributed by atoms with Crippen molar-refractivity contribution in [2.45, 2.75) is 26.3 Å². The van der Waals surface area contributed by atoms with Gasteiger partial charge in [-0.3, -0.25) is 4.79 Å². The molecule has 0 spiro atoms. The minimum atomic E-state index is -0.0387. The minimum absolute atomic E-state index is 0.0387. The van der Waals surface area contributed by atoms with E-state index in [4.69, 9.17) is 4.52 Å². The van der Waals surface area contributed by atoms with Gasteiger partial charge in [0.1, 0.15) is 0 Å². The average Bonchev–Trinajstić information content (AvgIpc) is 3.20. The molecule has 140 valence electrons. The van der Waals surface area contributed by atoms with Gasteiger partial charge in [0.15, 0.2) is 0 Å². The number of carbonyl (C=O) groups excluding carboxylic acids is 1. The van der Waals surface area contributed by atoms with Gasteiger partial charge in [-0.1, -0.05) is 71.4 Å². The first-order valence-electron chi connectivity index (χ1n) is 9.32. The molecule has 0 radical (unpaired) electrons. The summed E-state index contributed by atoms with van der Waals surface area (Å²) in [6.45, 7) is 2.52. The zero-order valence-electron chi connectivity index (χ0n) is 15.7. The number of benzene rings is 3. The number of hydrogen-bond acceptors (Lipinski definition) is 4. The second kappa shape index (κ2) is 8.05. The van der Waals surface area contributed by atoms with Gasteiger partial charge in [-0.05, 0) is 29.3 Å². The third-order valence-corrected chi connectivity index (χ3v) is 4.67. The maximum absolute atomic E-state index is 12.2. The Hall–Kier alpha value is -3.47. The molecule has 5 nitrogen and oxygen atoms in total. The fraction of sp³-hybridized carbons (Fsp3) is 0.174. The molecule has 0 saturated carbocycles. The van der Waals surface area contributed by atoms with Crippen LogP contribution in [-0.4, -0.2) is 16.0 Å². The highest BCUT2D eigenvalue weighted by atomic mass is 16.5. The van der Waals surface area contributed by atoms with E-state index in [-0.39, 0.29) is 5.91 Å². The highest BCUT2D eigenvalue weighted by Gasteiger charge is 2.11. The Balaban J connectivity index is 1.34. The van der Waals surface area contributed by atoms with Crippen LogP contribution in [0.25, 0.3) is 22.2 Å². The lowest BCUT2D eigenvalue weighted by atomic mass is 10.0. The van der Waals surface area contributed by atoms with Gasteiger partial charge in [0.2, 0.25) is 17.6 Å². The van der Waals surface area contributed by atoms with Crippen LogP contribution < -0.4 is 5.32 Å². The third kappa shape index (κ3) is 4.09. The van der Waals surface area contributed by atoms with Gasteiger partial charge in [0, 0.05) is 24.9 Å². The zero-order chi connectivity index (χ0) is 19.3. The maximum Gasteiger partial charge on any atom is 0.227 e. The van der Waals surface area contributed by atoms with Crippen LogP contribution >= 0.6 is 0 Å². The summed E-state index contributed by atoms with van der Waals surface area (Å²) in [7, 11) is 0. The molecular weight excluding hydrogens is 350 g/mol. The topological polar surface area (TPSA) is 68.0 Å². The number of aromatic nitrogens is 2. The average molecular weight is 371 g/mol. The minimum Gasteiger partial charge on any atom is -0.352 e. The van der Waals surface area contributed by atoms with Crippen LogP contribution in [0.3, 0.4) is 0 Å². The molecule has 0 aliphatic carbocycles. The predicted octanol–water partition coefficient (Wildman–Crippen LogP) is 4.45. The van der Waals surface area contributed by atoms with Crippen molar-refractivity contribution in [3.63, 3.8) is 0 Å². The van der Waals surface area contributed by atoms with Crippen molar-refractivity contribution < 1.29 is 9.32 Å². The summed E-state index contributed by atoms with van der Waals surface area (Å²) in [6, 6.07) is 22.2. The van der Waals surface area contributed by atoms with Crippen LogP contribution in [0, 0.1) is 6.92 Å². The number of aryl methyl sites for hydroxylation is 2. The Morgan fingerprint density at radius 3 is 2.75 bits per heavy atom. The number of amides is 1. The molecule has 1 aromatic heterocycles. The number of carbonyl (C=O) groups is 1. The monoisotopic (exact) mass is 371 g/mol. The summed E-state index contributed by atoms with van der Waals surface area (Å²) in [5.41, 5.74) is 3.15. The van der Waals surface area contributed by atoms with E-state index in [0.29, 0.717) is 31.1 Å². The molecule has 5 heteroatoms. The normalized spacial score (nSPS) is 10.9. The van der Waals surface area contributed by atoms with Gasteiger partial charge in [-0.2, -0.15) is 4.98 Å². The quantitative estimate of drug-likeness (QED) is 0.544. The van der Waals surface area contributed by atoms with Crippen molar-refractivity contribution >= 4 is 16.7 Å². The van der Waals surface area contributed by atoms with Crippen molar-refractivity contribution in [1.82, 2.24) is 15.5 Å². The summed E-state index contributed by atoms with van der Waals surface area (Å²) < 4.78 is 5.29.